The van der Waals surface area contributed by atoms with Crippen LogP contribution in [-0.4, -0.2) is 27.9 Å². The van der Waals surface area contributed by atoms with Crippen molar-refractivity contribution in [3.05, 3.63) is 70.2 Å². The number of carbonyl (C=O) groups is 1. The van der Waals surface area contributed by atoms with Gasteiger partial charge < -0.3 is 5.11 Å². The molecule has 2 aliphatic carbocycles. The zero-order chi connectivity index (χ0) is 24.3. The second-order valence-corrected chi connectivity index (χ2v) is 12.9. The van der Waals surface area contributed by atoms with E-state index in [4.69, 9.17) is 0 Å². The van der Waals surface area contributed by atoms with Gasteiger partial charge in [-0.15, -0.1) is 11.8 Å². The van der Waals surface area contributed by atoms with Crippen molar-refractivity contribution in [2.24, 2.45) is 17.8 Å². The summed E-state index contributed by atoms with van der Waals surface area (Å²) in [6, 6.07) is 18.2. The zero-order valence-electron chi connectivity index (χ0n) is 20.3. The standard InChI is InChI=1S/C29H37BrN2O2S/c30-25-15-13-20(14-16-25)17-26(28(33)34)31-29(32-27(19-35-29)21-7-2-1-3-8-21)24-11-5-4-9-22-18-23(22)10-6-12-24/h1-3,7-8,13-16,22-24,26-27,31-32H,4-6,9-12,17-19H2,(H,33,34). The Morgan fingerprint density at radius 3 is 2.46 bits per heavy atom. The van der Waals surface area contributed by atoms with Gasteiger partial charge in [0.1, 0.15) is 11.0 Å². The fourth-order valence-electron chi connectivity index (χ4n) is 6.17. The maximum absolute atomic E-state index is 12.5. The van der Waals surface area contributed by atoms with Crippen LogP contribution in [0.15, 0.2) is 59.1 Å². The fourth-order valence-corrected chi connectivity index (χ4v) is 8.06. The molecule has 0 amide bonds. The molecule has 1 heterocycles. The van der Waals surface area contributed by atoms with Crippen LogP contribution in [0.4, 0.5) is 0 Å². The molecule has 188 valence electrons. The molecule has 3 aliphatic rings. The molecule has 35 heavy (non-hydrogen) atoms. The van der Waals surface area contributed by atoms with Crippen LogP contribution in [0.2, 0.25) is 0 Å². The van der Waals surface area contributed by atoms with Gasteiger partial charge in [-0.1, -0.05) is 90.5 Å². The molecule has 4 nitrogen and oxygen atoms in total. The SMILES string of the molecule is O=C(O)C(Cc1ccc(Br)cc1)NC1(C2CCCCC3CC3CCC2)NC(c2ccccc2)CS1. The lowest BCUT2D eigenvalue weighted by atomic mass is 9.88. The average molecular weight is 558 g/mol. The Hall–Kier alpha value is -1.34. The third-order valence-corrected chi connectivity index (χ3v) is 10.3. The lowest BCUT2D eigenvalue weighted by Crippen LogP contribution is -2.62. The Morgan fingerprint density at radius 1 is 1.03 bits per heavy atom. The number of fused-ring (bicyclic) bond motifs is 1. The smallest absolute Gasteiger partial charge is 0.321 e. The van der Waals surface area contributed by atoms with Gasteiger partial charge in [0.2, 0.25) is 0 Å². The summed E-state index contributed by atoms with van der Waals surface area (Å²) in [7, 11) is 0. The molecule has 2 aromatic carbocycles. The molecule has 6 atom stereocenters. The van der Waals surface area contributed by atoms with Crippen LogP contribution in [0.25, 0.3) is 0 Å². The summed E-state index contributed by atoms with van der Waals surface area (Å²) in [5.41, 5.74) is 2.32. The lowest BCUT2D eigenvalue weighted by molar-refractivity contribution is -0.140. The number of nitrogens with one attached hydrogen (secondary N) is 2. The predicted octanol–water partition coefficient (Wildman–Crippen LogP) is 6.76. The number of rotatable bonds is 7. The summed E-state index contributed by atoms with van der Waals surface area (Å²) in [5.74, 6) is 2.51. The van der Waals surface area contributed by atoms with Crippen LogP contribution in [0.5, 0.6) is 0 Å². The Kier molecular flexibility index (Phi) is 8.22. The molecule has 6 unspecified atom stereocenters. The largest absolute Gasteiger partial charge is 0.480 e. The Bertz CT molecular complexity index is 988. The minimum absolute atomic E-state index is 0.221. The molecule has 0 spiro atoms. The van der Waals surface area contributed by atoms with E-state index in [1.165, 1.54) is 44.1 Å². The van der Waals surface area contributed by atoms with Crippen LogP contribution in [0.1, 0.15) is 68.5 Å². The van der Waals surface area contributed by atoms with E-state index in [1.54, 1.807) is 0 Å². The first-order chi connectivity index (χ1) is 17.0. The Labute approximate surface area is 222 Å². The van der Waals surface area contributed by atoms with Crippen LogP contribution < -0.4 is 10.6 Å². The lowest BCUT2D eigenvalue weighted by Gasteiger charge is -2.41. The molecular weight excluding hydrogens is 520 g/mol. The molecule has 5 rings (SSSR count). The predicted molar refractivity (Wildman–Crippen MR) is 147 cm³/mol. The highest BCUT2D eigenvalue weighted by atomic mass is 79.9. The second kappa shape index (κ2) is 11.4. The van der Waals surface area contributed by atoms with Crippen molar-refractivity contribution < 1.29 is 9.90 Å². The number of benzene rings is 2. The topological polar surface area (TPSA) is 61.4 Å². The van der Waals surface area contributed by atoms with Crippen molar-refractivity contribution in [1.82, 2.24) is 10.6 Å². The Balaban J connectivity index is 1.39. The molecule has 0 aromatic heterocycles. The highest BCUT2D eigenvalue weighted by molar-refractivity contribution is 9.10. The monoisotopic (exact) mass is 556 g/mol. The van der Waals surface area contributed by atoms with E-state index in [9.17, 15) is 9.90 Å². The highest BCUT2D eigenvalue weighted by Crippen LogP contribution is 2.49. The van der Waals surface area contributed by atoms with Gasteiger partial charge in [0, 0.05) is 22.2 Å². The average Bonchev–Trinajstić information content (AvgIpc) is 3.49. The van der Waals surface area contributed by atoms with Gasteiger partial charge in [-0.3, -0.25) is 15.4 Å². The van der Waals surface area contributed by atoms with Crippen molar-refractivity contribution >= 4 is 33.7 Å². The first-order valence-electron chi connectivity index (χ1n) is 13.2. The number of thioether (sulfide) groups is 1. The van der Waals surface area contributed by atoms with Crippen molar-refractivity contribution in [3.8, 4) is 0 Å². The molecule has 6 heteroatoms. The van der Waals surface area contributed by atoms with Crippen LogP contribution in [0, 0.1) is 17.8 Å². The molecule has 3 N–H and O–H groups in total. The molecule has 1 saturated heterocycles. The molecule has 0 bridgehead atoms. The summed E-state index contributed by atoms with van der Waals surface area (Å²) in [5, 5.41) is 17.9. The van der Waals surface area contributed by atoms with E-state index >= 15 is 0 Å². The summed E-state index contributed by atoms with van der Waals surface area (Å²) in [6.45, 7) is 0. The van der Waals surface area contributed by atoms with Gasteiger partial charge in [0.25, 0.3) is 0 Å². The maximum atomic E-state index is 12.5. The molecule has 3 fully saturated rings. The molecule has 2 aromatic rings. The van der Waals surface area contributed by atoms with E-state index in [2.05, 4.69) is 56.9 Å². The molecule has 0 radical (unpaired) electrons. The minimum Gasteiger partial charge on any atom is -0.480 e. The van der Waals surface area contributed by atoms with E-state index in [0.29, 0.717) is 12.3 Å². The van der Waals surface area contributed by atoms with Crippen molar-refractivity contribution in [2.45, 2.75) is 74.9 Å². The molecular formula is C29H37BrN2O2S. The normalized spacial score (nSPS) is 31.9. The van der Waals surface area contributed by atoms with Crippen molar-refractivity contribution in [2.75, 3.05) is 5.75 Å². The van der Waals surface area contributed by atoms with Crippen LogP contribution in [0.3, 0.4) is 0 Å². The maximum Gasteiger partial charge on any atom is 0.321 e. The van der Waals surface area contributed by atoms with E-state index in [1.807, 2.05) is 36.0 Å². The number of halogens is 1. The third-order valence-electron chi connectivity index (χ3n) is 8.26. The van der Waals surface area contributed by atoms with Crippen LogP contribution >= 0.6 is 27.7 Å². The summed E-state index contributed by atoms with van der Waals surface area (Å²) >= 11 is 5.39. The number of hydrogen-bond donors (Lipinski definition) is 3. The summed E-state index contributed by atoms with van der Waals surface area (Å²) in [4.78, 5) is 12.1. The number of carboxylic acid groups (broad SMARTS) is 1. The number of hydrogen-bond acceptors (Lipinski definition) is 4. The minimum atomic E-state index is -0.779. The van der Waals surface area contributed by atoms with E-state index in [-0.39, 0.29) is 6.04 Å². The van der Waals surface area contributed by atoms with Gasteiger partial charge in [-0.05, 0) is 60.8 Å². The number of aliphatic carboxylic acids is 1. The fraction of sp³-hybridized carbons (Fsp3) is 0.552. The molecule has 2 saturated carbocycles. The van der Waals surface area contributed by atoms with Crippen LogP contribution in [-0.2, 0) is 11.2 Å². The number of carboxylic acids is 1. The van der Waals surface area contributed by atoms with Gasteiger partial charge in [-0.2, -0.15) is 0 Å². The first-order valence-corrected chi connectivity index (χ1v) is 15.0. The first kappa shape index (κ1) is 25.3. The van der Waals surface area contributed by atoms with Gasteiger partial charge >= 0.3 is 5.97 Å². The third kappa shape index (κ3) is 6.33. The zero-order valence-corrected chi connectivity index (χ0v) is 22.7. The van der Waals surface area contributed by atoms with E-state index in [0.717, 1.165) is 40.5 Å². The van der Waals surface area contributed by atoms with Crippen molar-refractivity contribution in [1.29, 1.82) is 0 Å². The van der Waals surface area contributed by atoms with Gasteiger partial charge in [-0.25, -0.2) is 0 Å². The van der Waals surface area contributed by atoms with Gasteiger partial charge in [0.15, 0.2) is 0 Å². The summed E-state index contributed by atoms with van der Waals surface area (Å²) < 4.78 is 1.01. The molecule has 1 aliphatic heterocycles. The van der Waals surface area contributed by atoms with E-state index < -0.39 is 17.0 Å². The Morgan fingerprint density at radius 2 is 1.71 bits per heavy atom. The quantitative estimate of drug-likeness (QED) is 0.351. The summed E-state index contributed by atoms with van der Waals surface area (Å²) in [6.07, 6.45) is 10.7. The van der Waals surface area contributed by atoms with Crippen molar-refractivity contribution in [3.63, 3.8) is 0 Å². The van der Waals surface area contributed by atoms with Gasteiger partial charge in [0.05, 0.1) is 0 Å². The second-order valence-electron chi connectivity index (χ2n) is 10.7. The highest BCUT2D eigenvalue weighted by Gasteiger charge is 2.48.